The molecule has 3 aromatic rings. The van der Waals surface area contributed by atoms with E-state index in [1.807, 2.05) is 19.1 Å². The molecule has 0 saturated carbocycles. The molecule has 0 radical (unpaired) electrons. The Labute approximate surface area is 178 Å². The van der Waals surface area contributed by atoms with E-state index >= 15 is 0 Å². The molecule has 1 aromatic heterocycles. The maximum atomic E-state index is 12.4. The van der Waals surface area contributed by atoms with E-state index in [4.69, 9.17) is 9.47 Å². The smallest absolute Gasteiger partial charge is 0.338 e. The number of hydrogen-bond donors (Lipinski definition) is 1. The van der Waals surface area contributed by atoms with Crippen LogP contribution < -0.4 is 9.46 Å². The Bertz CT molecular complexity index is 1190. The number of thiophene rings is 1. The summed E-state index contributed by atoms with van der Waals surface area (Å²) in [6.45, 7) is 1.86. The third-order valence-corrected chi connectivity index (χ3v) is 7.26. The van der Waals surface area contributed by atoms with Crippen molar-refractivity contribution in [1.29, 1.82) is 0 Å². The lowest BCUT2D eigenvalue weighted by Crippen LogP contribution is -2.38. The summed E-state index contributed by atoms with van der Waals surface area (Å²) in [6.07, 6.45) is 3.63. The van der Waals surface area contributed by atoms with Gasteiger partial charge in [-0.25, -0.2) is 13.2 Å². The van der Waals surface area contributed by atoms with Gasteiger partial charge in [0.05, 0.1) is 5.56 Å². The Hall–Kier alpha value is -3.10. The zero-order valence-corrected chi connectivity index (χ0v) is 17.7. The van der Waals surface area contributed by atoms with E-state index < -0.39 is 21.6 Å². The molecule has 30 heavy (non-hydrogen) atoms. The summed E-state index contributed by atoms with van der Waals surface area (Å²) in [7, 11) is -3.62. The standard InChI is InChI=1S/C22H19NO5S2/c1-22(15-27-21(24)16-6-3-2-4-7-16)12-11-17-14-18(9-10-19(17)28-22)23-30(25,26)20-8-5-13-29-20/h2-14,23H,15H2,1H3. The van der Waals surface area contributed by atoms with Crippen molar-refractivity contribution in [2.75, 3.05) is 11.3 Å². The number of carbonyl (C=O) groups is 1. The van der Waals surface area contributed by atoms with Crippen molar-refractivity contribution in [3.8, 4) is 5.75 Å². The number of benzene rings is 2. The van der Waals surface area contributed by atoms with E-state index in [1.165, 1.54) is 0 Å². The first-order chi connectivity index (χ1) is 14.3. The Kier molecular flexibility index (Phi) is 5.36. The highest BCUT2D eigenvalue weighted by atomic mass is 32.2. The number of nitrogens with one attached hydrogen (secondary N) is 1. The number of carbonyl (C=O) groups excluding carboxylic acids is 1. The van der Waals surface area contributed by atoms with Gasteiger partial charge in [-0.05, 0) is 54.8 Å². The van der Waals surface area contributed by atoms with Crippen LogP contribution in [0.3, 0.4) is 0 Å². The van der Waals surface area contributed by atoms with Gasteiger partial charge in [-0.15, -0.1) is 11.3 Å². The second kappa shape index (κ2) is 7.97. The van der Waals surface area contributed by atoms with Crippen LogP contribution in [-0.4, -0.2) is 26.6 Å². The van der Waals surface area contributed by atoms with Crippen molar-refractivity contribution in [2.24, 2.45) is 0 Å². The molecule has 0 saturated heterocycles. The van der Waals surface area contributed by atoms with Crippen LogP contribution in [0.2, 0.25) is 0 Å². The van der Waals surface area contributed by atoms with Crippen molar-refractivity contribution in [3.05, 3.63) is 83.2 Å². The van der Waals surface area contributed by atoms with Gasteiger partial charge in [-0.3, -0.25) is 4.72 Å². The third-order valence-electron chi connectivity index (χ3n) is 4.48. The van der Waals surface area contributed by atoms with Crippen molar-refractivity contribution in [3.63, 3.8) is 0 Å². The Morgan fingerprint density at radius 3 is 2.67 bits per heavy atom. The normalized spacial score (nSPS) is 17.6. The molecule has 0 amide bonds. The number of ether oxygens (including phenoxy) is 2. The third kappa shape index (κ3) is 4.39. The summed E-state index contributed by atoms with van der Waals surface area (Å²) < 4.78 is 39.1. The van der Waals surface area contributed by atoms with E-state index in [0.29, 0.717) is 17.0 Å². The number of sulfonamides is 1. The molecule has 154 valence electrons. The van der Waals surface area contributed by atoms with Gasteiger partial charge in [0.15, 0.2) is 5.60 Å². The number of hydrogen-bond acceptors (Lipinski definition) is 6. The molecule has 2 heterocycles. The monoisotopic (exact) mass is 441 g/mol. The highest BCUT2D eigenvalue weighted by molar-refractivity contribution is 7.94. The van der Waals surface area contributed by atoms with Gasteiger partial charge in [0, 0.05) is 11.3 Å². The molecule has 8 heteroatoms. The zero-order chi connectivity index (χ0) is 21.2. The minimum Gasteiger partial charge on any atom is -0.479 e. The maximum absolute atomic E-state index is 12.4. The van der Waals surface area contributed by atoms with Gasteiger partial charge in [0.25, 0.3) is 10.0 Å². The zero-order valence-electron chi connectivity index (χ0n) is 16.1. The lowest BCUT2D eigenvalue weighted by atomic mass is 10.0. The highest BCUT2D eigenvalue weighted by Crippen LogP contribution is 2.34. The van der Waals surface area contributed by atoms with Gasteiger partial charge >= 0.3 is 5.97 Å². The quantitative estimate of drug-likeness (QED) is 0.567. The summed E-state index contributed by atoms with van der Waals surface area (Å²) in [5, 5.41) is 1.71. The summed E-state index contributed by atoms with van der Waals surface area (Å²) in [6, 6.07) is 17.0. The van der Waals surface area contributed by atoms with E-state index in [-0.39, 0.29) is 10.8 Å². The molecule has 0 spiro atoms. The van der Waals surface area contributed by atoms with Crippen LogP contribution in [0, 0.1) is 0 Å². The largest absolute Gasteiger partial charge is 0.479 e. The molecule has 6 nitrogen and oxygen atoms in total. The van der Waals surface area contributed by atoms with Crippen LogP contribution in [0.5, 0.6) is 5.75 Å². The molecule has 1 N–H and O–H groups in total. The van der Waals surface area contributed by atoms with Gasteiger partial charge in [0.1, 0.15) is 16.6 Å². The van der Waals surface area contributed by atoms with Crippen molar-refractivity contribution < 1.29 is 22.7 Å². The molecular formula is C22H19NO5S2. The van der Waals surface area contributed by atoms with Gasteiger partial charge in [-0.2, -0.15) is 0 Å². The number of esters is 1. The summed E-state index contributed by atoms with van der Waals surface area (Å²) in [5.41, 5.74) is 0.821. The molecule has 1 aliphatic rings. The predicted octanol–water partition coefficient (Wildman–Crippen LogP) is 4.57. The highest BCUT2D eigenvalue weighted by Gasteiger charge is 2.30. The lowest BCUT2D eigenvalue weighted by molar-refractivity contribution is 0.0140. The molecular weight excluding hydrogens is 422 g/mol. The molecule has 0 bridgehead atoms. The molecule has 1 aliphatic heterocycles. The van der Waals surface area contributed by atoms with Crippen LogP contribution in [-0.2, 0) is 14.8 Å². The first-order valence-electron chi connectivity index (χ1n) is 9.15. The van der Waals surface area contributed by atoms with Gasteiger partial charge < -0.3 is 9.47 Å². The minimum atomic E-state index is -3.62. The molecule has 1 atom stereocenters. The topological polar surface area (TPSA) is 81.7 Å². The summed E-state index contributed by atoms with van der Waals surface area (Å²) in [4.78, 5) is 12.2. The summed E-state index contributed by atoms with van der Waals surface area (Å²) >= 11 is 1.15. The van der Waals surface area contributed by atoms with E-state index in [1.54, 1.807) is 66.1 Å². The fourth-order valence-corrected chi connectivity index (χ4v) is 4.99. The minimum absolute atomic E-state index is 0.0451. The fourth-order valence-electron chi connectivity index (χ4n) is 2.95. The van der Waals surface area contributed by atoms with Crippen molar-refractivity contribution in [2.45, 2.75) is 16.7 Å². The molecule has 1 unspecified atom stereocenters. The second-order valence-electron chi connectivity index (χ2n) is 6.98. The average molecular weight is 442 g/mol. The fraction of sp³-hybridized carbons (Fsp3) is 0.136. The van der Waals surface area contributed by atoms with Crippen LogP contribution in [0.4, 0.5) is 5.69 Å². The van der Waals surface area contributed by atoms with Gasteiger partial charge in [0.2, 0.25) is 0 Å². The number of fused-ring (bicyclic) bond motifs is 1. The van der Waals surface area contributed by atoms with Crippen LogP contribution in [0.1, 0.15) is 22.8 Å². The van der Waals surface area contributed by atoms with Crippen molar-refractivity contribution >= 4 is 39.1 Å². The predicted molar refractivity (Wildman–Crippen MR) is 116 cm³/mol. The molecule has 2 aromatic carbocycles. The number of anilines is 1. The SMILES string of the molecule is CC1(COC(=O)c2ccccc2)C=Cc2cc(NS(=O)(=O)c3cccs3)ccc2O1. The van der Waals surface area contributed by atoms with E-state index in [9.17, 15) is 13.2 Å². The maximum Gasteiger partial charge on any atom is 0.338 e. The van der Waals surface area contributed by atoms with Crippen LogP contribution in [0.15, 0.2) is 76.3 Å². The molecule has 0 fully saturated rings. The molecule has 0 aliphatic carbocycles. The average Bonchev–Trinajstić information content (AvgIpc) is 3.29. The van der Waals surface area contributed by atoms with Crippen LogP contribution >= 0.6 is 11.3 Å². The van der Waals surface area contributed by atoms with Crippen molar-refractivity contribution in [1.82, 2.24) is 0 Å². The van der Waals surface area contributed by atoms with Crippen LogP contribution in [0.25, 0.3) is 6.08 Å². The summed E-state index contributed by atoms with van der Waals surface area (Å²) in [5.74, 6) is 0.160. The number of rotatable bonds is 6. The first kappa shape index (κ1) is 20.2. The Balaban J connectivity index is 1.45. The second-order valence-corrected chi connectivity index (χ2v) is 9.84. The Morgan fingerprint density at radius 2 is 1.93 bits per heavy atom. The van der Waals surface area contributed by atoms with E-state index in [2.05, 4.69) is 4.72 Å². The Morgan fingerprint density at radius 1 is 1.13 bits per heavy atom. The lowest BCUT2D eigenvalue weighted by Gasteiger charge is -2.31. The first-order valence-corrected chi connectivity index (χ1v) is 11.5. The van der Waals surface area contributed by atoms with Gasteiger partial charge in [-0.1, -0.05) is 30.3 Å². The van der Waals surface area contributed by atoms with E-state index in [0.717, 1.165) is 16.9 Å². The molecule has 4 rings (SSSR count).